The number of hydrogen-bond acceptors (Lipinski definition) is 4. The molecule has 2 amide bonds. The Morgan fingerprint density at radius 2 is 1.77 bits per heavy atom. The van der Waals surface area contributed by atoms with Crippen molar-refractivity contribution in [1.29, 1.82) is 0 Å². The van der Waals surface area contributed by atoms with Crippen LogP contribution in [0.2, 0.25) is 5.02 Å². The number of hydrogen-bond donors (Lipinski definition) is 2. The van der Waals surface area contributed by atoms with Crippen molar-refractivity contribution in [2.45, 2.75) is 26.9 Å². The molecule has 0 spiro atoms. The highest BCUT2D eigenvalue weighted by Gasteiger charge is 2.18. The maximum atomic E-state index is 13.6. The van der Waals surface area contributed by atoms with E-state index in [0.717, 1.165) is 11.4 Å². The number of nitrogens with zero attached hydrogens (tertiary/aromatic N) is 2. The minimum absolute atomic E-state index is 0.0497. The van der Waals surface area contributed by atoms with Gasteiger partial charge in [-0.25, -0.2) is 9.07 Å². The van der Waals surface area contributed by atoms with Crippen LogP contribution in [0.25, 0.3) is 5.69 Å². The van der Waals surface area contributed by atoms with E-state index in [9.17, 15) is 14.0 Å². The fraction of sp³-hybridized carbons (Fsp3) is 0.190. The number of rotatable bonds is 5. The van der Waals surface area contributed by atoms with Crippen LogP contribution in [0, 0.1) is 19.7 Å². The molecule has 156 valence electrons. The number of para-hydroxylation sites is 1. The first-order valence-electron chi connectivity index (χ1n) is 9.11. The molecule has 0 saturated heterocycles. The molecule has 0 fully saturated rings. The van der Waals surface area contributed by atoms with E-state index in [4.69, 9.17) is 16.3 Å². The van der Waals surface area contributed by atoms with Crippen molar-refractivity contribution in [3.05, 3.63) is 76.3 Å². The van der Waals surface area contributed by atoms with Crippen molar-refractivity contribution in [2.75, 3.05) is 0 Å². The quantitative estimate of drug-likeness (QED) is 0.606. The zero-order valence-corrected chi connectivity index (χ0v) is 17.3. The molecule has 3 rings (SSSR count). The second-order valence-electron chi connectivity index (χ2n) is 6.58. The number of carbonyl (C=O) groups is 2. The molecule has 0 saturated carbocycles. The van der Waals surface area contributed by atoms with Gasteiger partial charge in [0.15, 0.2) is 17.7 Å². The predicted octanol–water partition coefficient (Wildman–Crippen LogP) is 3.51. The molecule has 0 aliphatic heterocycles. The Hall–Kier alpha value is -3.39. The van der Waals surface area contributed by atoms with Gasteiger partial charge in [-0.2, -0.15) is 5.10 Å². The number of ether oxygens (including phenoxy) is 1. The van der Waals surface area contributed by atoms with Crippen LogP contribution in [0.15, 0.2) is 48.5 Å². The lowest BCUT2D eigenvalue weighted by molar-refractivity contribution is -0.128. The molecule has 0 bridgehead atoms. The summed E-state index contributed by atoms with van der Waals surface area (Å²) in [6.45, 7) is 5.11. The molecular formula is C21H20ClFN4O3. The van der Waals surface area contributed by atoms with Crippen LogP contribution in [-0.4, -0.2) is 27.7 Å². The molecule has 1 aromatic heterocycles. The third-order valence-corrected chi connectivity index (χ3v) is 4.93. The summed E-state index contributed by atoms with van der Waals surface area (Å²) < 4.78 is 20.6. The van der Waals surface area contributed by atoms with Gasteiger partial charge in [0.05, 0.1) is 22.1 Å². The van der Waals surface area contributed by atoms with E-state index < -0.39 is 23.7 Å². The largest absolute Gasteiger partial charge is 0.478 e. The number of aryl methyl sites for hydroxylation is 1. The van der Waals surface area contributed by atoms with Crippen LogP contribution in [0.4, 0.5) is 4.39 Å². The van der Waals surface area contributed by atoms with E-state index >= 15 is 0 Å². The highest BCUT2D eigenvalue weighted by atomic mass is 35.5. The SMILES string of the molecule is Cc1nn(-c2ccc(C(=O)NNC(=O)C(C)Oc3ccccc3F)cc2)c(C)c1Cl. The first-order valence-corrected chi connectivity index (χ1v) is 9.49. The Balaban J connectivity index is 1.58. The van der Waals surface area contributed by atoms with E-state index in [0.29, 0.717) is 16.3 Å². The fourth-order valence-corrected chi connectivity index (χ4v) is 2.82. The van der Waals surface area contributed by atoms with Gasteiger partial charge in [-0.15, -0.1) is 0 Å². The van der Waals surface area contributed by atoms with E-state index in [1.165, 1.54) is 25.1 Å². The van der Waals surface area contributed by atoms with Crippen molar-refractivity contribution in [3.63, 3.8) is 0 Å². The zero-order valence-electron chi connectivity index (χ0n) is 16.6. The van der Waals surface area contributed by atoms with Gasteiger partial charge in [0.1, 0.15) is 0 Å². The third kappa shape index (κ3) is 4.60. The van der Waals surface area contributed by atoms with Gasteiger partial charge in [-0.3, -0.25) is 20.4 Å². The van der Waals surface area contributed by atoms with Gasteiger partial charge in [-0.1, -0.05) is 23.7 Å². The number of nitrogens with one attached hydrogen (secondary N) is 2. The number of halogens is 2. The van der Waals surface area contributed by atoms with Gasteiger partial charge in [-0.05, 0) is 57.2 Å². The zero-order chi connectivity index (χ0) is 21.8. The molecule has 1 atom stereocenters. The molecular weight excluding hydrogens is 411 g/mol. The summed E-state index contributed by atoms with van der Waals surface area (Å²) in [5.41, 5.74) is 7.15. The lowest BCUT2D eigenvalue weighted by Crippen LogP contribution is -2.47. The van der Waals surface area contributed by atoms with Crippen LogP contribution in [0.3, 0.4) is 0 Å². The van der Waals surface area contributed by atoms with Gasteiger partial charge < -0.3 is 4.74 Å². The molecule has 7 nitrogen and oxygen atoms in total. The Bertz CT molecular complexity index is 1080. The minimum Gasteiger partial charge on any atom is -0.478 e. The Morgan fingerprint density at radius 3 is 2.37 bits per heavy atom. The van der Waals surface area contributed by atoms with Gasteiger partial charge in [0, 0.05) is 5.56 Å². The standard InChI is InChI=1S/C21H20ClFN4O3/c1-12-19(22)13(2)27(26-12)16-10-8-15(9-11-16)21(29)25-24-20(28)14(3)30-18-7-5-4-6-17(18)23/h4-11,14H,1-3H3,(H,24,28)(H,25,29). The maximum Gasteiger partial charge on any atom is 0.279 e. The van der Waals surface area contributed by atoms with E-state index in [1.54, 1.807) is 35.0 Å². The van der Waals surface area contributed by atoms with E-state index in [-0.39, 0.29) is 5.75 Å². The van der Waals surface area contributed by atoms with Crippen molar-refractivity contribution in [3.8, 4) is 11.4 Å². The van der Waals surface area contributed by atoms with E-state index in [1.807, 2.05) is 13.8 Å². The average Bonchev–Trinajstić information content (AvgIpc) is 3.00. The number of aromatic nitrogens is 2. The summed E-state index contributed by atoms with van der Waals surface area (Å²) in [5, 5.41) is 4.95. The van der Waals surface area contributed by atoms with Crippen molar-refractivity contribution < 1.29 is 18.7 Å². The summed E-state index contributed by atoms with van der Waals surface area (Å²) in [6, 6.07) is 12.4. The van der Waals surface area contributed by atoms with Gasteiger partial charge in [0.25, 0.3) is 11.8 Å². The molecule has 3 aromatic rings. The highest BCUT2D eigenvalue weighted by molar-refractivity contribution is 6.31. The van der Waals surface area contributed by atoms with E-state index in [2.05, 4.69) is 16.0 Å². The minimum atomic E-state index is -1.01. The Morgan fingerprint density at radius 1 is 1.10 bits per heavy atom. The number of hydrazine groups is 1. The first kappa shape index (κ1) is 21.3. The molecule has 0 aliphatic rings. The topological polar surface area (TPSA) is 85.3 Å². The summed E-state index contributed by atoms with van der Waals surface area (Å²) in [7, 11) is 0. The highest BCUT2D eigenvalue weighted by Crippen LogP contribution is 2.22. The molecule has 1 unspecified atom stereocenters. The fourth-order valence-electron chi connectivity index (χ4n) is 2.71. The normalized spacial score (nSPS) is 11.6. The van der Waals surface area contributed by atoms with Gasteiger partial charge in [0.2, 0.25) is 0 Å². The van der Waals surface area contributed by atoms with Crippen LogP contribution >= 0.6 is 11.6 Å². The molecule has 9 heteroatoms. The van der Waals surface area contributed by atoms with Gasteiger partial charge >= 0.3 is 0 Å². The molecule has 1 heterocycles. The average molecular weight is 431 g/mol. The molecule has 2 aromatic carbocycles. The molecule has 0 radical (unpaired) electrons. The number of benzene rings is 2. The van der Waals surface area contributed by atoms with Crippen molar-refractivity contribution >= 4 is 23.4 Å². The van der Waals surface area contributed by atoms with Crippen molar-refractivity contribution in [2.24, 2.45) is 0 Å². The smallest absolute Gasteiger partial charge is 0.279 e. The van der Waals surface area contributed by atoms with Crippen LogP contribution in [0.5, 0.6) is 5.75 Å². The molecule has 2 N–H and O–H groups in total. The summed E-state index contributed by atoms with van der Waals surface area (Å²) in [4.78, 5) is 24.4. The second kappa shape index (κ2) is 8.96. The number of carbonyl (C=O) groups excluding carboxylic acids is 2. The lowest BCUT2D eigenvalue weighted by Gasteiger charge is -2.15. The summed E-state index contributed by atoms with van der Waals surface area (Å²) in [5.74, 6) is -1.77. The summed E-state index contributed by atoms with van der Waals surface area (Å²) >= 11 is 6.17. The van der Waals surface area contributed by atoms with Crippen LogP contribution in [-0.2, 0) is 4.79 Å². The lowest BCUT2D eigenvalue weighted by atomic mass is 10.2. The van der Waals surface area contributed by atoms with Crippen molar-refractivity contribution in [1.82, 2.24) is 20.6 Å². The maximum absolute atomic E-state index is 13.6. The Kier molecular flexibility index (Phi) is 6.37. The third-order valence-electron chi connectivity index (χ3n) is 4.39. The van der Waals surface area contributed by atoms with Crippen LogP contribution in [0.1, 0.15) is 28.7 Å². The van der Waals surface area contributed by atoms with Crippen LogP contribution < -0.4 is 15.6 Å². The summed E-state index contributed by atoms with van der Waals surface area (Å²) in [6.07, 6.45) is -1.01. The monoisotopic (exact) mass is 430 g/mol. The Labute approximate surface area is 177 Å². The molecule has 0 aliphatic carbocycles. The second-order valence-corrected chi connectivity index (χ2v) is 6.96. The molecule has 30 heavy (non-hydrogen) atoms. The predicted molar refractivity (Wildman–Crippen MR) is 110 cm³/mol. The first-order chi connectivity index (χ1) is 14.3. The number of amides is 2.